The van der Waals surface area contributed by atoms with E-state index in [9.17, 15) is 0 Å². The van der Waals surface area contributed by atoms with Gasteiger partial charge in [-0.2, -0.15) is 0 Å². The normalized spacial score (nSPS) is 15.9. The van der Waals surface area contributed by atoms with Gasteiger partial charge in [-0.1, -0.05) is 0 Å². The van der Waals surface area contributed by atoms with Crippen LogP contribution in [0, 0.1) is 6.92 Å². The number of rotatable bonds is 8. The fourth-order valence-corrected chi connectivity index (χ4v) is 2.26. The van der Waals surface area contributed by atoms with Crippen molar-refractivity contribution in [1.29, 1.82) is 0 Å². The van der Waals surface area contributed by atoms with E-state index in [1.807, 2.05) is 0 Å². The van der Waals surface area contributed by atoms with Crippen molar-refractivity contribution in [3.05, 3.63) is 23.2 Å². The van der Waals surface area contributed by atoms with Gasteiger partial charge in [0.25, 0.3) is 0 Å². The third-order valence-electron chi connectivity index (χ3n) is 3.85. The molecule has 0 amide bonds. The van der Waals surface area contributed by atoms with E-state index in [0.29, 0.717) is 6.61 Å². The van der Waals surface area contributed by atoms with Crippen molar-refractivity contribution in [2.45, 2.75) is 65.3 Å². The molecule has 0 spiro atoms. The molecule has 0 radical (unpaired) electrons. The first-order valence-corrected chi connectivity index (χ1v) is 7.96. The van der Waals surface area contributed by atoms with Gasteiger partial charge < -0.3 is 19.4 Å². The minimum atomic E-state index is 0.100. The van der Waals surface area contributed by atoms with Crippen LogP contribution < -0.4 is 5.32 Å². The Bertz CT molecular complexity index is 444. The molecule has 4 nitrogen and oxygen atoms in total. The third kappa shape index (κ3) is 5.81. The molecule has 1 fully saturated rings. The monoisotopic (exact) mass is 294 g/mol. The third-order valence-corrected chi connectivity index (χ3v) is 3.85. The number of hydrogen-bond acceptors (Lipinski definition) is 4. The van der Waals surface area contributed by atoms with E-state index in [-0.39, 0.29) is 5.54 Å². The molecule has 1 heterocycles. The molecule has 1 saturated carbocycles. The first kappa shape index (κ1) is 16.5. The molecule has 0 bridgehead atoms. The quantitative estimate of drug-likeness (QED) is 0.748. The van der Waals surface area contributed by atoms with Crippen LogP contribution in [0.3, 0.4) is 0 Å². The molecule has 2 rings (SSSR count). The van der Waals surface area contributed by atoms with Crippen molar-refractivity contribution >= 4 is 0 Å². The van der Waals surface area contributed by atoms with Crippen molar-refractivity contribution in [3.63, 3.8) is 0 Å². The Hall–Kier alpha value is -0.840. The highest BCUT2D eigenvalue weighted by Crippen LogP contribution is 2.24. The number of furan rings is 1. The highest BCUT2D eigenvalue weighted by molar-refractivity contribution is 5.19. The maximum absolute atomic E-state index is 5.88. The highest BCUT2D eigenvalue weighted by Gasteiger charge is 2.25. The molecule has 1 aromatic rings. The van der Waals surface area contributed by atoms with Gasteiger partial charge >= 0.3 is 0 Å². The van der Waals surface area contributed by atoms with E-state index in [2.05, 4.69) is 51.0 Å². The summed E-state index contributed by atoms with van der Waals surface area (Å²) in [6.07, 6.45) is 2.69. The molecule has 0 atom stereocenters. The molecule has 0 saturated heterocycles. The van der Waals surface area contributed by atoms with Gasteiger partial charge in [0.15, 0.2) is 0 Å². The molecule has 0 unspecified atom stereocenters. The minimum absolute atomic E-state index is 0.100. The standard InChI is InChI=1S/C17H30N2O2/c1-13-10-15(21-16(13)11-18-17(2,3)4)12-20-9-8-19(5)14-6-7-14/h10,14,18H,6-9,11-12H2,1-5H3. The number of ether oxygens (including phenoxy) is 1. The lowest BCUT2D eigenvalue weighted by molar-refractivity contribution is 0.0854. The highest BCUT2D eigenvalue weighted by atomic mass is 16.5. The lowest BCUT2D eigenvalue weighted by atomic mass is 10.1. The molecule has 1 aromatic heterocycles. The molecule has 4 heteroatoms. The molecular formula is C17H30N2O2. The summed E-state index contributed by atoms with van der Waals surface area (Å²) in [5.74, 6) is 1.94. The van der Waals surface area contributed by atoms with E-state index in [4.69, 9.17) is 9.15 Å². The number of hydrogen-bond donors (Lipinski definition) is 1. The van der Waals surface area contributed by atoms with Crippen molar-refractivity contribution < 1.29 is 9.15 Å². The van der Waals surface area contributed by atoms with Gasteiger partial charge in [0.1, 0.15) is 18.1 Å². The Balaban J connectivity index is 1.70. The van der Waals surface area contributed by atoms with Gasteiger partial charge in [0, 0.05) is 18.1 Å². The Kier molecular flexibility index (Phi) is 5.47. The van der Waals surface area contributed by atoms with E-state index >= 15 is 0 Å². The van der Waals surface area contributed by atoms with Crippen LogP contribution in [0.15, 0.2) is 10.5 Å². The molecule has 0 aliphatic heterocycles. The maximum atomic E-state index is 5.88. The first-order chi connectivity index (χ1) is 9.85. The summed E-state index contributed by atoms with van der Waals surface area (Å²) < 4.78 is 11.6. The van der Waals surface area contributed by atoms with Gasteiger partial charge in [0.05, 0.1) is 13.2 Å². The summed E-state index contributed by atoms with van der Waals surface area (Å²) in [6, 6.07) is 2.89. The smallest absolute Gasteiger partial charge is 0.130 e. The van der Waals surface area contributed by atoms with Crippen LogP contribution in [0.1, 0.15) is 50.7 Å². The average Bonchev–Trinajstić information content (AvgIpc) is 3.16. The Morgan fingerprint density at radius 3 is 2.71 bits per heavy atom. The maximum Gasteiger partial charge on any atom is 0.130 e. The molecule has 21 heavy (non-hydrogen) atoms. The predicted octanol–water partition coefficient (Wildman–Crippen LogP) is 3.09. The fraction of sp³-hybridized carbons (Fsp3) is 0.765. The van der Waals surface area contributed by atoms with Crippen LogP contribution in [0.5, 0.6) is 0 Å². The fourth-order valence-electron chi connectivity index (χ4n) is 2.26. The second-order valence-electron chi connectivity index (χ2n) is 7.19. The van der Waals surface area contributed by atoms with Gasteiger partial charge in [-0.15, -0.1) is 0 Å². The van der Waals surface area contributed by atoms with Crippen molar-refractivity contribution in [3.8, 4) is 0 Å². The van der Waals surface area contributed by atoms with Gasteiger partial charge in [-0.05, 0) is 59.2 Å². The molecule has 0 aromatic carbocycles. The zero-order chi connectivity index (χ0) is 15.5. The Morgan fingerprint density at radius 1 is 1.38 bits per heavy atom. The SMILES string of the molecule is Cc1cc(COCCN(C)C2CC2)oc1CNC(C)(C)C. The van der Waals surface area contributed by atoms with Gasteiger partial charge in [-0.25, -0.2) is 0 Å². The van der Waals surface area contributed by atoms with Crippen LogP contribution in [-0.2, 0) is 17.9 Å². The summed E-state index contributed by atoms with van der Waals surface area (Å²) >= 11 is 0. The second-order valence-corrected chi connectivity index (χ2v) is 7.19. The summed E-state index contributed by atoms with van der Waals surface area (Å²) in [5, 5.41) is 3.45. The summed E-state index contributed by atoms with van der Waals surface area (Å²) in [7, 11) is 2.17. The van der Waals surface area contributed by atoms with Crippen molar-refractivity contribution in [2.75, 3.05) is 20.2 Å². The molecule has 1 aliphatic carbocycles. The molecule has 1 N–H and O–H groups in total. The summed E-state index contributed by atoms with van der Waals surface area (Å²) in [5.41, 5.74) is 1.30. The first-order valence-electron chi connectivity index (χ1n) is 7.96. The largest absolute Gasteiger partial charge is 0.462 e. The number of nitrogens with one attached hydrogen (secondary N) is 1. The minimum Gasteiger partial charge on any atom is -0.462 e. The Labute approximate surface area is 128 Å². The van der Waals surface area contributed by atoms with E-state index < -0.39 is 0 Å². The van der Waals surface area contributed by atoms with E-state index in [1.54, 1.807) is 0 Å². The topological polar surface area (TPSA) is 37.6 Å². The van der Waals surface area contributed by atoms with Crippen molar-refractivity contribution in [2.24, 2.45) is 0 Å². The molecular weight excluding hydrogens is 264 g/mol. The Morgan fingerprint density at radius 2 is 2.10 bits per heavy atom. The van der Waals surface area contributed by atoms with Gasteiger partial charge in [-0.3, -0.25) is 0 Å². The molecule has 120 valence electrons. The van der Waals surface area contributed by atoms with Crippen molar-refractivity contribution in [1.82, 2.24) is 10.2 Å². The summed E-state index contributed by atoms with van der Waals surface area (Å²) in [6.45, 7) is 11.7. The number of likely N-dealkylation sites (N-methyl/N-ethyl adjacent to an activating group) is 1. The number of aryl methyl sites for hydroxylation is 1. The lowest BCUT2D eigenvalue weighted by Gasteiger charge is -2.19. The second kappa shape index (κ2) is 6.95. The van der Waals surface area contributed by atoms with Crippen LogP contribution in [-0.4, -0.2) is 36.7 Å². The average molecular weight is 294 g/mol. The van der Waals surface area contributed by atoms with E-state index in [0.717, 1.165) is 37.3 Å². The number of nitrogens with zero attached hydrogens (tertiary/aromatic N) is 1. The lowest BCUT2D eigenvalue weighted by Crippen LogP contribution is -2.35. The van der Waals surface area contributed by atoms with Crippen LogP contribution in [0.25, 0.3) is 0 Å². The predicted molar refractivity (Wildman–Crippen MR) is 85.3 cm³/mol. The molecule has 1 aliphatic rings. The van der Waals surface area contributed by atoms with E-state index in [1.165, 1.54) is 18.4 Å². The van der Waals surface area contributed by atoms with Crippen LogP contribution in [0.4, 0.5) is 0 Å². The van der Waals surface area contributed by atoms with Crippen LogP contribution >= 0.6 is 0 Å². The zero-order valence-corrected chi connectivity index (χ0v) is 14.2. The van der Waals surface area contributed by atoms with Gasteiger partial charge in [0.2, 0.25) is 0 Å². The zero-order valence-electron chi connectivity index (χ0n) is 14.2. The van der Waals surface area contributed by atoms with Crippen LogP contribution in [0.2, 0.25) is 0 Å². The summed E-state index contributed by atoms with van der Waals surface area (Å²) in [4.78, 5) is 2.38.